The second-order valence-corrected chi connectivity index (χ2v) is 5.49. The molecule has 0 aromatic heterocycles. The van der Waals surface area contributed by atoms with Crippen LogP contribution in [-0.2, 0) is 10.8 Å². The van der Waals surface area contributed by atoms with Gasteiger partial charge in [0.25, 0.3) is 0 Å². The fourth-order valence-corrected chi connectivity index (χ4v) is 3.03. The average Bonchev–Trinajstić information content (AvgIpc) is 2.15. The Morgan fingerprint density at radius 1 is 1.47 bits per heavy atom. The summed E-state index contributed by atoms with van der Waals surface area (Å²) in [6.07, 6.45) is 3.55. The van der Waals surface area contributed by atoms with Crippen LogP contribution in [0.25, 0.3) is 0 Å². The van der Waals surface area contributed by atoms with E-state index in [1.165, 1.54) is 18.6 Å². The zero-order valence-corrected chi connectivity index (χ0v) is 9.23. The van der Waals surface area contributed by atoms with Crippen LogP contribution >= 0.6 is 0 Å². The van der Waals surface area contributed by atoms with Crippen molar-refractivity contribution in [2.75, 3.05) is 11.5 Å². The van der Waals surface area contributed by atoms with Gasteiger partial charge in [0, 0.05) is 10.6 Å². The van der Waals surface area contributed by atoms with Crippen LogP contribution in [0.15, 0.2) is 23.1 Å². The summed E-state index contributed by atoms with van der Waals surface area (Å²) in [6.45, 7) is 0. The van der Waals surface area contributed by atoms with E-state index in [1.54, 1.807) is 6.07 Å². The molecule has 2 nitrogen and oxygen atoms in total. The van der Waals surface area contributed by atoms with Gasteiger partial charge < -0.3 is 5.73 Å². The maximum atomic E-state index is 13.1. The Kier molecular flexibility index (Phi) is 3.05. The van der Waals surface area contributed by atoms with Gasteiger partial charge in [0.2, 0.25) is 0 Å². The van der Waals surface area contributed by atoms with Crippen LogP contribution in [0, 0.1) is 11.7 Å². The minimum Gasteiger partial charge on any atom is -0.396 e. The molecule has 0 saturated heterocycles. The molecule has 0 amide bonds. The summed E-state index contributed by atoms with van der Waals surface area (Å²) < 4.78 is 24.9. The van der Waals surface area contributed by atoms with Crippen LogP contribution < -0.4 is 5.73 Å². The predicted molar refractivity (Wildman–Crippen MR) is 59.4 cm³/mol. The molecule has 0 bridgehead atoms. The Morgan fingerprint density at radius 2 is 2.20 bits per heavy atom. The van der Waals surface area contributed by atoms with Crippen LogP contribution in [0.1, 0.15) is 19.3 Å². The summed E-state index contributed by atoms with van der Waals surface area (Å²) in [5, 5.41) is 0. The molecule has 0 heterocycles. The molecule has 1 saturated carbocycles. The second-order valence-electron chi connectivity index (χ2n) is 3.99. The van der Waals surface area contributed by atoms with E-state index < -0.39 is 16.6 Å². The molecule has 0 spiro atoms. The molecular formula is C11H14FNOS. The standard InChI is InChI=1S/C11H14FNOS/c12-10-6-9(4-5-11(10)13)15(14)7-8-2-1-3-8/h4-6,8H,1-3,7,13H2. The highest BCUT2D eigenvalue weighted by molar-refractivity contribution is 7.85. The molecular weight excluding hydrogens is 213 g/mol. The molecule has 1 aromatic rings. The Bertz CT molecular complexity index is 390. The van der Waals surface area contributed by atoms with Crippen LogP contribution in [0.2, 0.25) is 0 Å². The van der Waals surface area contributed by atoms with E-state index in [0.29, 0.717) is 16.6 Å². The Hall–Kier alpha value is -0.900. The number of rotatable bonds is 3. The largest absolute Gasteiger partial charge is 0.396 e. The van der Waals surface area contributed by atoms with Gasteiger partial charge in [-0.15, -0.1) is 0 Å². The quantitative estimate of drug-likeness (QED) is 0.805. The normalized spacial score (nSPS) is 18.5. The topological polar surface area (TPSA) is 43.1 Å². The first-order chi connectivity index (χ1) is 7.16. The van der Waals surface area contributed by atoms with Gasteiger partial charge >= 0.3 is 0 Å². The highest BCUT2D eigenvalue weighted by Gasteiger charge is 2.20. The fourth-order valence-electron chi connectivity index (χ4n) is 1.62. The van der Waals surface area contributed by atoms with Crippen molar-refractivity contribution >= 4 is 16.5 Å². The fraction of sp³-hybridized carbons (Fsp3) is 0.455. The zero-order valence-electron chi connectivity index (χ0n) is 8.41. The van der Waals surface area contributed by atoms with Gasteiger partial charge in [0.15, 0.2) is 0 Å². The van der Waals surface area contributed by atoms with Crippen LogP contribution in [0.3, 0.4) is 0 Å². The van der Waals surface area contributed by atoms with Crippen molar-refractivity contribution in [3.05, 3.63) is 24.0 Å². The van der Waals surface area contributed by atoms with Crippen LogP contribution in [0.5, 0.6) is 0 Å². The van der Waals surface area contributed by atoms with E-state index in [2.05, 4.69) is 0 Å². The summed E-state index contributed by atoms with van der Waals surface area (Å²) in [4.78, 5) is 0.550. The molecule has 0 radical (unpaired) electrons. The lowest BCUT2D eigenvalue weighted by Crippen LogP contribution is -2.18. The van der Waals surface area contributed by atoms with E-state index in [-0.39, 0.29) is 5.69 Å². The lowest BCUT2D eigenvalue weighted by molar-refractivity contribution is 0.350. The first-order valence-electron chi connectivity index (χ1n) is 5.10. The van der Waals surface area contributed by atoms with Crippen molar-refractivity contribution in [1.29, 1.82) is 0 Å². The van der Waals surface area contributed by atoms with Crippen molar-refractivity contribution in [3.8, 4) is 0 Å². The molecule has 1 aromatic carbocycles. The van der Waals surface area contributed by atoms with Gasteiger partial charge in [-0.2, -0.15) is 0 Å². The minimum absolute atomic E-state index is 0.111. The first kappa shape index (κ1) is 10.6. The molecule has 1 unspecified atom stereocenters. The SMILES string of the molecule is Nc1ccc(S(=O)CC2CCC2)cc1F. The van der Waals surface area contributed by atoms with Crippen LogP contribution in [0.4, 0.5) is 10.1 Å². The van der Waals surface area contributed by atoms with Gasteiger partial charge in [0.1, 0.15) is 5.82 Å². The highest BCUT2D eigenvalue weighted by Crippen LogP contribution is 2.28. The lowest BCUT2D eigenvalue weighted by atomic mass is 9.87. The number of benzene rings is 1. The number of nitrogen functional groups attached to an aromatic ring is 1. The van der Waals surface area contributed by atoms with Gasteiger partial charge in [-0.25, -0.2) is 4.39 Å². The van der Waals surface area contributed by atoms with Crippen molar-refractivity contribution in [3.63, 3.8) is 0 Å². The summed E-state index contributed by atoms with van der Waals surface area (Å²) in [7, 11) is -1.08. The second kappa shape index (κ2) is 4.31. The van der Waals surface area contributed by atoms with Gasteiger partial charge in [0.05, 0.1) is 16.5 Å². The number of nitrogens with two attached hydrogens (primary N) is 1. The Balaban J connectivity index is 2.07. The third-order valence-electron chi connectivity index (χ3n) is 2.85. The van der Waals surface area contributed by atoms with Gasteiger partial charge in [-0.3, -0.25) is 4.21 Å². The zero-order chi connectivity index (χ0) is 10.8. The number of anilines is 1. The minimum atomic E-state index is -1.08. The Morgan fingerprint density at radius 3 is 2.73 bits per heavy atom. The van der Waals surface area contributed by atoms with E-state index >= 15 is 0 Å². The predicted octanol–water partition coefficient (Wildman–Crippen LogP) is 2.32. The van der Waals surface area contributed by atoms with Crippen LogP contribution in [-0.4, -0.2) is 9.96 Å². The van der Waals surface area contributed by atoms with E-state index in [1.807, 2.05) is 0 Å². The Labute approximate surface area is 91.1 Å². The molecule has 4 heteroatoms. The summed E-state index contributed by atoms with van der Waals surface area (Å²) in [5.41, 5.74) is 5.46. The van der Waals surface area contributed by atoms with E-state index in [4.69, 9.17) is 5.73 Å². The molecule has 1 aliphatic carbocycles. The molecule has 82 valence electrons. The molecule has 1 fully saturated rings. The van der Waals surface area contributed by atoms with Crippen molar-refractivity contribution in [1.82, 2.24) is 0 Å². The van der Waals surface area contributed by atoms with Crippen molar-refractivity contribution < 1.29 is 8.60 Å². The highest BCUT2D eigenvalue weighted by atomic mass is 32.2. The summed E-state index contributed by atoms with van der Waals surface area (Å²) in [6, 6.07) is 4.40. The van der Waals surface area contributed by atoms with E-state index in [0.717, 1.165) is 12.8 Å². The number of hydrogen-bond acceptors (Lipinski definition) is 2. The van der Waals surface area contributed by atoms with Crippen molar-refractivity contribution in [2.24, 2.45) is 5.92 Å². The monoisotopic (exact) mass is 227 g/mol. The molecule has 1 aliphatic rings. The molecule has 0 aliphatic heterocycles. The maximum absolute atomic E-state index is 13.1. The lowest BCUT2D eigenvalue weighted by Gasteiger charge is -2.24. The summed E-state index contributed by atoms with van der Waals surface area (Å²) >= 11 is 0. The third-order valence-corrected chi connectivity index (χ3v) is 4.40. The molecule has 2 rings (SSSR count). The van der Waals surface area contributed by atoms with Gasteiger partial charge in [-0.1, -0.05) is 6.42 Å². The summed E-state index contributed by atoms with van der Waals surface area (Å²) in [5.74, 6) is 0.740. The average molecular weight is 227 g/mol. The third kappa shape index (κ3) is 2.37. The van der Waals surface area contributed by atoms with Gasteiger partial charge in [-0.05, 0) is 37.0 Å². The first-order valence-corrected chi connectivity index (χ1v) is 6.42. The maximum Gasteiger partial charge on any atom is 0.147 e. The molecule has 1 atom stereocenters. The number of hydrogen-bond donors (Lipinski definition) is 1. The smallest absolute Gasteiger partial charge is 0.147 e. The van der Waals surface area contributed by atoms with Crippen molar-refractivity contribution in [2.45, 2.75) is 24.2 Å². The number of halogens is 1. The molecule has 2 N–H and O–H groups in total. The van der Waals surface area contributed by atoms with E-state index in [9.17, 15) is 8.60 Å². The molecule has 15 heavy (non-hydrogen) atoms.